The van der Waals surface area contributed by atoms with E-state index in [1.54, 1.807) is 32.9 Å². The number of aromatic nitrogens is 1. The zero-order valence-corrected chi connectivity index (χ0v) is 13.2. The van der Waals surface area contributed by atoms with Crippen LogP contribution in [0.25, 0.3) is 11.0 Å². The summed E-state index contributed by atoms with van der Waals surface area (Å²) in [6.07, 6.45) is 0. The molecule has 5 heteroatoms. The zero-order chi connectivity index (χ0) is 16.6. The summed E-state index contributed by atoms with van der Waals surface area (Å²) in [4.78, 5) is 28.1. The number of H-pyrrole nitrogens is 1. The minimum Gasteiger partial charge on any atom is -0.462 e. The van der Waals surface area contributed by atoms with Crippen molar-refractivity contribution in [2.75, 3.05) is 6.61 Å². The van der Waals surface area contributed by atoms with Crippen molar-refractivity contribution in [3.05, 3.63) is 58.6 Å². The van der Waals surface area contributed by atoms with Crippen LogP contribution in [0.5, 0.6) is 0 Å². The van der Waals surface area contributed by atoms with Crippen LogP contribution in [-0.2, 0) is 4.74 Å². The molecule has 1 aromatic carbocycles. The molecule has 0 radical (unpaired) electrons. The molecule has 5 nitrogen and oxygen atoms in total. The standard InChI is InChI=1S/C18H17NO4/c1-4-22-18(21)16-11(3)19-10(2)15(16)17(20)14-9-12-7-5-6-8-13(12)23-14/h5-9,19H,4H2,1-3H3. The maximum absolute atomic E-state index is 12.9. The lowest BCUT2D eigenvalue weighted by Gasteiger charge is -2.04. The van der Waals surface area contributed by atoms with E-state index in [2.05, 4.69) is 4.98 Å². The minimum atomic E-state index is -0.506. The van der Waals surface area contributed by atoms with Crippen LogP contribution in [0.2, 0.25) is 0 Å². The van der Waals surface area contributed by atoms with Crippen molar-refractivity contribution in [2.24, 2.45) is 0 Å². The highest BCUT2D eigenvalue weighted by molar-refractivity contribution is 6.15. The Hall–Kier alpha value is -2.82. The normalized spacial score (nSPS) is 10.9. The molecule has 2 heterocycles. The van der Waals surface area contributed by atoms with Gasteiger partial charge in [-0.1, -0.05) is 18.2 Å². The molecular formula is C18H17NO4. The van der Waals surface area contributed by atoms with Gasteiger partial charge in [-0.3, -0.25) is 4.79 Å². The number of carbonyl (C=O) groups excluding carboxylic acids is 2. The van der Waals surface area contributed by atoms with Crippen LogP contribution in [0.4, 0.5) is 0 Å². The van der Waals surface area contributed by atoms with Crippen LogP contribution >= 0.6 is 0 Å². The summed E-state index contributed by atoms with van der Waals surface area (Å²) in [6, 6.07) is 9.08. The summed E-state index contributed by atoms with van der Waals surface area (Å²) in [5, 5.41) is 0.846. The fraction of sp³-hybridized carbons (Fsp3) is 0.222. The van der Waals surface area contributed by atoms with E-state index in [-0.39, 0.29) is 23.7 Å². The lowest BCUT2D eigenvalue weighted by Crippen LogP contribution is -2.12. The second-order valence-electron chi connectivity index (χ2n) is 5.32. The Balaban J connectivity index is 2.10. The van der Waals surface area contributed by atoms with Crippen LogP contribution in [0.3, 0.4) is 0 Å². The summed E-state index contributed by atoms with van der Waals surface area (Å²) in [5.74, 6) is -0.626. The van der Waals surface area contributed by atoms with E-state index in [9.17, 15) is 9.59 Å². The summed E-state index contributed by atoms with van der Waals surface area (Å²) in [5.41, 5.74) is 2.45. The van der Waals surface area contributed by atoms with Gasteiger partial charge < -0.3 is 14.1 Å². The molecule has 3 aromatic rings. The Bertz CT molecular complexity index is 868. The topological polar surface area (TPSA) is 72.3 Å². The van der Waals surface area contributed by atoms with E-state index < -0.39 is 5.97 Å². The van der Waals surface area contributed by atoms with Crippen LogP contribution in [0.1, 0.15) is 44.8 Å². The molecule has 0 aliphatic heterocycles. The van der Waals surface area contributed by atoms with Gasteiger partial charge in [-0.15, -0.1) is 0 Å². The lowest BCUT2D eigenvalue weighted by atomic mass is 10.0. The largest absolute Gasteiger partial charge is 0.462 e. The first-order valence-corrected chi connectivity index (χ1v) is 7.42. The van der Waals surface area contributed by atoms with Gasteiger partial charge in [-0.25, -0.2) is 4.79 Å². The Kier molecular flexibility index (Phi) is 3.78. The van der Waals surface area contributed by atoms with Crippen molar-refractivity contribution in [1.82, 2.24) is 4.98 Å². The number of ether oxygens (including phenoxy) is 1. The summed E-state index contributed by atoms with van der Waals surface area (Å²) in [7, 11) is 0. The van der Waals surface area contributed by atoms with E-state index >= 15 is 0 Å². The molecule has 23 heavy (non-hydrogen) atoms. The fourth-order valence-corrected chi connectivity index (χ4v) is 2.74. The van der Waals surface area contributed by atoms with E-state index in [4.69, 9.17) is 9.15 Å². The van der Waals surface area contributed by atoms with Crippen molar-refractivity contribution in [2.45, 2.75) is 20.8 Å². The third kappa shape index (κ3) is 2.54. The zero-order valence-electron chi connectivity index (χ0n) is 13.2. The summed E-state index contributed by atoms with van der Waals surface area (Å²) in [6.45, 7) is 5.48. The number of para-hydroxylation sites is 1. The first-order valence-electron chi connectivity index (χ1n) is 7.42. The number of esters is 1. The first kappa shape index (κ1) is 15.1. The number of aromatic amines is 1. The van der Waals surface area contributed by atoms with Crippen LogP contribution in [0, 0.1) is 13.8 Å². The number of carbonyl (C=O) groups is 2. The quantitative estimate of drug-likeness (QED) is 0.588. The molecule has 0 saturated heterocycles. The molecule has 1 N–H and O–H groups in total. The van der Waals surface area contributed by atoms with Gasteiger partial charge in [0.05, 0.1) is 17.7 Å². The van der Waals surface area contributed by atoms with Gasteiger partial charge in [-0.2, -0.15) is 0 Å². The molecule has 0 fully saturated rings. The molecule has 0 bridgehead atoms. The third-order valence-electron chi connectivity index (χ3n) is 3.73. The highest BCUT2D eigenvalue weighted by atomic mass is 16.5. The number of hydrogen-bond acceptors (Lipinski definition) is 4. The smallest absolute Gasteiger partial charge is 0.340 e. The highest BCUT2D eigenvalue weighted by Gasteiger charge is 2.27. The third-order valence-corrected chi connectivity index (χ3v) is 3.73. The van der Waals surface area contributed by atoms with Gasteiger partial charge in [-0.05, 0) is 32.9 Å². The molecule has 2 aromatic heterocycles. The SMILES string of the molecule is CCOC(=O)c1c(C)[nH]c(C)c1C(=O)c1cc2ccccc2o1. The molecule has 0 atom stereocenters. The predicted octanol–water partition coefficient (Wildman–Crippen LogP) is 3.79. The predicted molar refractivity (Wildman–Crippen MR) is 85.9 cm³/mol. The summed E-state index contributed by atoms with van der Waals surface area (Å²) < 4.78 is 10.7. The molecule has 3 rings (SSSR count). The number of rotatable bonds is 4. The number of ketones is 1. The van der Waals surface area contributed by atoms with Gasteiger partial charge in [0, 0.05) is 16.8 Å². The van der Waals surface area contributed by atoms with Crippen molar-refractivity contribution in [3.8, 4) is 0 Å². The van der Waals surface area contributed by atoms with Crippen molar-refractivity contribution in [1.29, 1.82) is 0 Å². The number of benzene rings is 1. The average Bonchev–Trinajstić information content (AvgIpc) is 3.07. The van der Waals surface area contributed by atoms with E-state index in [0.717, 1.165) is 5.39 Å². The van der Waals surface area contributed by atoms with E-state index in [1.165, 1.54) is 0 Å². The van der Waals surface area contributed by atoms with Crippen molar-refractivity contribution >= 4 is 22.7 Å². The first-order chi connectivity index (χ1) is 11.0. The number of aryl methyl sites for hydroxylation is 2. The van der Waals surface area contributed by atoms with E-state index in [0.29, 0.717) is 22.5 Å². The van der Waals surface area contributed by atoms with Gasteiger partial charge in [0.1, 0.15) is 5.58 Å². The molecule has 118 valence electrons. The highest BCUT2D eigenvalue weighted by Crippen LogP contribution is 2.26. The Morgan fingerprint density at radius 1 is 1.13 bits per heavy atom. The van der Waals surface area contributed by atoms with Crippen LogP contribution < -0.4 is 0 Å². The van der Waals surface area contributed by atoms with Crippen molar-refractivity contribution in [3.63, 3.8) is 0 Å². The van der Waals surface area contributed by atoms with Crippen molar-refractivity contribution < 1.29 is 18.7 Å². The Morgan fingerprint density at radius 2 is 1.83 bits per heavy atom. The lowest BCUT2D eigenvalue weighted by molar-refractivity contribution is 0.0523. The number of hydrogen-bond donors (Lipinski definition) is 1. The van der Waals surface area contributed by atoms with E-state index in [1.807, 2.05) is 18.2 Å². The molecule has 0 spiro atoms. The van der Waals surface area contributed by atoms with Gasteiger partial charge in [0.2, 0.25) is 5.78 Å². The Morgan fingerprint density at radius 3 is 2.52 bits per heavy atom. The molecule has 0 amide bonds. The summed E-state index contributed by atoms with van der Waals surface area (Å²) >= 11 is 0. The Labute approximate surface area is 133 Å². The van der Waals surface area contributed by atoms with Gasteiger partial charge >= 0.3 is 5.97 Å². The molecule has 0 aliphatic carbocycles. The molecular weight excluding hydrogens is 294 g/mol. The second kappa shape index (κ2) is 5.76. The number of furan rings is 1. The number of nitrogens with one attached hydrogen (secondary N) is 1. The molecule has 0 aliphatic rings. The average molecular weight is 311 g/mol. The molecule has 0 saturated carbocycles. The van der Waals surface area contributed by atoms with Crippen LogP contribution in [-0.4, -0.2) is 23.3 Å². The number of fused-ring (bicyclic) bond motifs is 1. The monoisotopic (exact) mass is 311 g/mol. The minimum absolute atomic E-state index is 0.207. The maximum atomic E-state index is 12.9. The van der Waals surface area contributed by atoms with Gasteiger partial charge in [0.15, 0.2) is 5.76 Å². The molecule has 0 unspecified atom stereocenters. The maximum Gasteiger partial charge on any atom is 0.340 e. The fourth-order valence-electron chi connectivity index (χ4n) is 2.74. The van der Waals surface area contributed by atoms with Gasteiger partial charge in [0.25, 0.3) is 0 Å². The van der Waals surface area contributed by atoms with Crippen LogP contribution in [0.15, 0.2) is 34.7 Å². The second-order valence-corrected chi connectivity index (χ2v) is 5.32.